The van der Waals surface area contributed by atoms with Crippen LogP contribution in [0.2, 0.25) is 0 Å². The zero-order valence-corrected chi connectivity index (χ0v) is 37.2. The molecule has 0 radical (unpaired) electrons. The first-order valence-electron chi connectivity index (χ1n) is 21.9. The smallest absolute Gasteiger partial charge is 0.407 e. The number of amides is 7. The summed E-state index contributed by atoms with van der Waals surface area (Å²) in [5.74, 6) is -2.09. The molecule has 2 heterocycles. The highest BCUT2D eigenvalue weighted by Gasteiger charge is 2.47. The van der Waals surface area contributed by atoms with Crippen molar-refractivity contribution in [3.05, 3.63) is 71.8 Å². The molecule has 4 atom stereocenters. The van der Waals surface area contributed by atoms with E-state index in [1.54, 1.807) is 80.3 Å². The molecule has 2 aromatic rings. The van der Waals surface area contributed by atoms with Gasteiger partial charge in [-0.15, -0.1) is 0 Å². The molecule has 0 bridgehead atoms. The van der Waals surface area contributed by atoms with Crippen LogP contribution in [-0.4, -0.2) is 119 Å². The van der Waals surface area contributed by atoms with Crippen LogP contribution >= 0.6 is 0 Å². The summed E-state index contributed by atoms with van der Waals surface area (Å²) < 4.78 is 5.33. The SMILES string of the molecule is CCC(=O)N1CC2(CCN(C(=O)[C@@H](CCCCNC(=O)OC(C)(C)C)NC(=O)[C@@H](CC(C)C)NC(=O)[C@@H](Cc3ccccc3)NC(=O)[C@@H](Cc3ccccc3)NC(=O)O)CC2)C1. The van der Waals surface area contributed by atoms with Crippen LogP contribution in [0.5, 0.6) is 0 Å². The standard InChI is InChI=1S/C46H67N7O9/c1-7-38(54)53-29-46(30-53)21-24-52(25-22-46)42(58)34(20-14-15-23-47-44(61)62-45(4,5)6)48-39(55)35(26-31(2)3)49-40(56)36(27-32-16-10-8-11-17-32)50-41(57)37(51-43(59)60)28-33-18-12-9-13-19-33/h8-13,16-19,31,34-37,51H,7,14-15,20-30H2,1-6H3,(H,47,61)(H,48,55)(H,49,56)(H,50,57)(H,59,60)/t34-,35-,36-,37-/m1/s1. The molecule has 7 amide bonds. The van der Waals surface area contributed by atoms with Crippen molar-refractivity contribution < 1.29 is 43.4 Å². The summed E-state index contributed by atoms with van der Waals surface area (Å²) >= 11 is 0. The van der Waals surface area contributed by atoms with Gasteiger partial charge in [0.05, 0.1) is 0 Å². The minimum absolute atomic E-state index is 0.0166. The van der Waals surface area contributed by atoms with Gasteiger partial charge in [0, 0.05) is 57.4 Å². The first-order chi connectivity index (χ1) is 29.4. The van der Waals surface area contributed by atoms with Crippen molar-refractivity contribution in [2.75, 3.05) is 32.7 Å². The van der Waals surface area contributed by atoms with E-state index >= 15 is 0 Å². The summed E-state index contributed by atoms with van der Waals surface area (Å²) in [6, 6.07) is 13.5. The number of piperidine rings is 1. The van der Waals surface area contributed by atoms with Crippen LogP contribution in [0.25, 0.3) is 0 Å². The Labute approximate surface area is 365 Å². The highest BCUT2D eigenvalue weighted by Crippen LogP contribution is 2.40. The van der Waals surface area contributed by atoms with Gasteiger partial charge in [-0.25, -0.2) is 9.59 Å². The molecular formula is C46H67N7O9. The van der Waals surface area contributed by atoms with Gasteiger partial charge in [0.15, 0.2) is 0 Å². The van der Waals surface area contributed by atoms with Crippen molar-refractivity contribution in [1.29, 1.82) is 0 Å². The molecule has 2 aliphatic heterocycles. The average molecular weight is 862 g/mol. The van der Waals surface area contributed by atoms with Gasteiger partial charge in [0.2, 0.25) is 29.5 Å². The van der Waals surface area contributed by atoms with Crippen molar-refractivity contribution in [3.63, 3.8) is 0 Å². The molecule has 2 fully saturated rings. The monoisotopic (exact) mass is 862 g/mol. The van der Waals surface area contributed by atoms with E-state index in [4.69, 9.17) is 4.74 Å². The lowest BCUT2D eigenvalue weighted by Crippen LogP contribution is -2.63. The molecule has 0 aliphatic carbocycles. The predicted molar refractivity (Wildman–Crippen MR) is 234 cm³/mol. The van der Waals surface area contributed by atoms with Gasteiger partial charge in [-0.3, -0.25) is 24.0 Å². The maximum Gasteiger partial charge on any atom is 0.407 e. The van der Waals surface area contributed by atoms with Gasteiger partial charge in [0.25, 0.3) is 0 Å². The zero-order valence-electron chi connectivity index (χ0n) is 37.2. The Morgan fingerprint density at radius 1 is 0.710 bits per heavy atom. The van der Waals surface area contributed by atoms with Gasteiger partial charge in [-0.2, -0.15) is 0 Å². The van der Waals surface area contributed by atoms with E-state index in [0.717, 1.165) is 18.4 Å². The Morgan fingerprint density at radius 3 is 1.71 bits per heavy atom. The molecular weight excluding hydrogens is 795 g/mol. The second-order valence-corrected chi connectivity index (χ2v) is 18.0. The van der Waals surface area contributed by atoms with E-state index in [2.05, 4.69) is 26.6 Å². The van der Waals surface area contributed by atoms with Crippen molar-refractivity contribution in [2.24, 2.45) is 11.3 Å². The first kappa shape index (κ1) is 49.0. The summed E-state index contributed by atoms with van der Waals surface area (Å²) in [5, 5.41) is 23.2. The molecule has 2 aromatic carbocycles. The van der Waals surface area contributed by atoms with Crippen LogP contribution in [-0.2, 0) is 41.6 Å². The topological polar surface area (TPSA) is 216 Å². The van der Waals surface area contributed by atoms with Crippen molar-refractivity contribution in [2.45, 2.75) is 129 Å². The minimum atomic E-state index is -1.40. The van der Waals surface area contributed by atoms with E-state index < -0.39 is 59.7 Å². The quantitative estimate of drug-likeness (QED) is 0.105. The molecule has 2 saturated heterocycles. The molecule has 16 nitrogen and oxygen atoms in total. The Hall–Kier alpha value is -5.67. The van der Waals surface area contributed by atoms with E-state index in [9.17, 15) is 38.7 Å². The Bertz CT molecular complexity index is 1820. The normalized spacial score (nSPS) is 16.5. The summed E-state index contributed by atoms with van der Waals surface area (Å²) in [6.07, 6.45) is 1.57. The van der Waals surface area contributed by atoms with Gasteiger partial charge in [-0.1, -0.05) is 81.4 Å². The van der Waals surface area contributed by atoms with E-state index in [-0.39, 0.29) is 48.8 Å². The highest BCUT2D eigenvalue weighted by atomic mass is 16.6. The molecule has 16 heteroatoms. The minimum Gasteiger partial charge on any atom is -0.465 e. The third-order valence-electron chi connectivity index (χ3n) is 11.2. The van der Waals surface area contributed by atoms with Gasteiger partial charge in [-0.05, 0) is 76.3 Å². The molecule has 0 aromatic heterocycles. The Balaban J connectivity index is 1.50. The number of unbranched alkanes of at least 4 members (excludes halogenated alkanes) is 1. The fourth-order valence-corrected chi connectivity index (χ4v) is 7.92. The molecule has 62 heavy (non-hydrogen) atoms. The lowest BCUT2D eigenvalue weighted by Gasteiger charge is -2.54. The van der Waals surface area contributed by atoms with E-state index in [1.165, 1.54) is 0 Å². The molecule has 2 aliphatic rings. The van der Waals surface area contributed by atoms with E-state index in [0.29, 0.717) is 57.5 Å². The largest absolute Gasteiger partial charge is 0.465 e. The van der Waals surface area contributed by atoms with E-state index in [1.807, 2.05) is 31.7 Å². The number of ether oxygens (including phenoxy) is 1. The second kappa shape index (κ2) is 23.0. The van der Waals surface area contributed by atoms with Crippen molar-refractivity contribution in [1.82, 2.24) is 36.4 Å². The number of nitrogens with zero attached hydrogens (tertiary/aromatic N) is 2. The Kier molecular flexibility index (Phi) is 18.1. The number of alkyl carbamates (subject to hydrolysis) is 1. The van der Waals surface area contributed by atoms with Crippen LogP contribution in [0.4, 0.5) is 9.59 Å². The molecule has 0 saturated carbocycles. The van der Waals surface area contributed by atoms with Crippen LogP contribution < -0.4 is 26.6 Å². The first-order valence-corrected chi connectivity index (χ1v) is 21.9. The third kappa shape index (κ3) is 15.7. The fourth-order valence-electron chi connectivity index (χ4n) is 7.92. The highest BCUT2D eigenvalue weighted by molar-refractivity contribution is 5.95. The summed E-state index contributed by atoms with van der Waals surface area (Å²) in [5.41, 5.74) is 0.770. The molecule has 0 unspecified atom stereocenters. The fraction of sp³-hybridized carbons (Fsp3) is 0.587. The average Bonchev–Trinajstić information content (AvgIpc) is 3.20. The Morgan fingerprint density at radius 2 is 1.21 bits per heavy atom. The molecule has 1 spiro atoms. The molecule has 340 valence electrons. The molecule has 6 N–H and O–H groups in total. The number of benzene rings is 2. The number of hydrogen-bond donors (Lipinski definition) is 6. The molecule has 4 rings (SSSR count). The number of hydrogen-bond acceptors (Lipinski definition) is 8. The number of rotatable bonds is 20. The summed E-state index contributed by atoms with van der Waals surface area (Å²) in [4.78, 5) is 96.3. The lowest BCUT2D eigenvalue weighted by atomic mass is 9.71. The second-order valence-electron chi connectivity index (χ2n) is 18.0. The lowest BCUT2D eigenvalue weighted by molar-refractivity contribution is -0.151. The number of carbonyl (C=O) groups excluding carboxylic acids is 6. The number of likely N-dealkylation sites (tertiary alicyclic amines) is 2. The number of carbonyl (C=O) groups is 7. The van der Waals surface area contributed by atoms with Gasteiger partial charge >= 0.3 is 12.2 Å². The van der Waals surface area contributed by atoms with Crippen LogP contribution in [0.15, 0.2) is 60.7 Å². The zero-order chi connectivity index (χ0) is 45.5. The maximum absolute atomic E-state index is 14.3. The van der Waals surface area contributed by atoms with Crippen LogP contribution in [0.1, 0.15) is 97.6 Å². The van der Waals surface area contributed by atoms with Gasteiger partial charge < -0.3 is 46.2 Å². The predicted octanol–water partition coefficient (Wildman–Crippen LogP) is 4.16. The van der Waals surface area contributed by atoms with Crippen molar-refractivity contribution in [3.8, 4) is 0 Å². The summed E-state index contributed by atoms with van der Waals surface area (Å²) in [6.45, 7) is 13.6. The van der Waals surface area contributed by atoms with Gasteiger partial charge in [0.1, 0.15) is 29.8 Å². The number of nitrogens with one attached hydrogen (secondary N) is 5. The summed E-state index contributed by atoms with van der Waals surface area (Å²) in [7, 11) is 0. The third-order valence-corrected chi connectivity index (χ3v) is 11.2. The number of carboxylic acid groups (broad SMARTS) is 1. The van der Waals surface area contributed by atoms with Crippen molar-refractivity contribution >= 4 is 41.7 Å². The van der Waals surface area contributed by atoms with Crippen LogP contribution in [0, 0.1) is 11.3 Å². The van der Waals surface area contributed by atoms with Crippen LogP contribution in [0.3, 0.4) is 0 Å². The maximum atomic E-state index is 14.3.